The lowest BCUT2D eigenvalue weighted by atomic mass is 10.3. The van der Waals surface area contributed by atoms with E-state index in [1.165, 1.54) is 24.4 Å². The SMILES string of the molecule is O=C(Nc1ccc([S@](=O)C(F)(F)F)cc1)c1ccccn1. The second-order valence-corrected chi connectivity index (χ2v) is 5.38. The molecular formula is C13H9F3N2O2S. The molecule has 110 valence electrons. The fourth-order valence-electron chi connectivity index (χ4n) is 1.49. The molecule has 1 atom stereocenters. The maximum absolute atomic E-state index is 12.3. The van der Waals surface area contributed by atoms with Gasteiger partial charge in [-0.15, -0.1) is 0 Å². The topological polar surface area (TPSA) is 59.1 Å². The van der Waals surface area contributed by atoms with Crippen LogP contribution in [0.5, 0.6) is 0 Å². The number of halogens is 3. The summed E-state index contributed by atoms with van der Waals surface area (Å²) in [6.07, 6.45) is 1.45. The van der Waals surface area contributed by atoms with Crippen molar-refractivity contribution in [2.24, 2.45) is 0 Å². The zero-order chi connectivity index (χ0) is 15.5. The predicted molar refractivity (Wildman–Crippen MR) is 71.1 cm³/mol. The normalized spacial score (nSPS) is 12.7. The largest absolute Gasteiger partial charge is 0.475 e. The van der Waals surface area contributed by atoms with Gasteiger partial charge in [0.25, 0.3) is 5.91 Å². The van der Waals surface area contributed by atoms with E-state index in [0.717, 1.165) is 12.1 Å². The van der Waals surface area contributed by atoms with E-state index in [9.17, 15) is 22.2 Å². The van der Waals surface area contributed by atoms with E-state index in [4.69, 9.17) is 0 Å². The Bertz CT molecular complexity index is 657. The number of amides is 1. The number of pyridine rings is 1. The quantitative estimate of drug-likeness (QED) is 0.947. The molecule has 0 saturated carbocycles. The van der Waals surface area contributed by atoms with Crippen molar-refractivity contribution in [3.8, 4) is 0 Å². The Morgan fingerprint density at radius 2 is 1.76 bits per heavy atom. The molecule has 1 amide bonds. The molecule has 0 spiro atoms. The van der Waals surface area contributed by atoms with E-state index in [1.807, 2.05) is 0 Å². The lowest BCUT2D eigenvalue weighted by molar-refractivity contribution is -0.0384. The van der Waals surface area contributed by atoms with Crippen LogP contribution in [-0.4, -0.2) is 20.6 Å². The molecule has 2 aromatic rings. The summed E-state index contributed by atoms with van der Waals surface area (Å²) in [5.41, 5.74) is -4.34. The molecule has 0 unspecified atom stereocenters. The number of hydrogen-bond donors (Lipinski definition) is 1. The number of carbonyl (C=O) groups is 1. The van der Waals surface area contributed by atoms with E-state index < -0.39 is 22.2 Å². The highest BCUT2D eigenvalue weighted by molar-refractivity contribution is 7.86. The summed E-state index contributed by atoms with van der Waals surface area (Å²) in [7, 11) is -3.08. The third-order valence-electron chi connectivity index (χ3n) is 2.43. The second kappa shape index (κ2) is 6.04. The van der Waals surface area contributed by atoms with Gasteiger partial charge in [-0.2, -0.15) is 13.2 Å². The van der Waals surface area contributed by atoms with Crippen LogP contribution in [0.4, 0.5) is 18.9 Å². The average Bonchev–Trinajstić information content (AvgIpc) is 2.47. The molecule has 1 heterocycles. The maximum atomic E-state index is 12.3. The minimum Gasteiger partial charge on any atom is -0.321 e. The number of hydrogen-bond acceptors (Lipinski definition) is 3. The fourth-order valence-corrected chi connectivity index (χ4v) is 2.14. The summed E-state index contributed by atoms with van der Waals surface area (Å²) in [6.45, 7) is 0. The van der Waals surface area contributed by atoms with Gasteiger partial charge in [0.2, 0.25) is 0 Å². The van der Waals surface area contributed by atoms with Gasteiger partial charge in [-0.3, -0.25) is 9.78 Å². The van der Waals surface area contributed by atoms with Gasteiger partial charge in [0.05, 0.1) is 0 Å². The van der Waals surface area contributed by atoms with E-state index in [2.05, 4.69) is 10.3 Å². The zero-order valence-electron chi connectivity index (χ0n) is 10.4. The zero-order valence-corrected chi connectivity index (χ0v) is 11.2. The van der Waals surface area contributed by atoms with E-state index in [0.29, 0.717) is 0 Å². The molecular weight excluding hydrogens is 305 g/mol. The lowest BCUT2D eigenvalue weighted by Gasteiger charge is -2.08. The number of anilines is 1. The Morgan fingerprint density at radius 1 is 1.10 bits per heavy atom. The van der Waals surface area contributed by atoms with Crippen molar-refractivity contribution in [2.75, 3.05) is 5.32 Å². The number of nitrogens with one attached hydrogen (secondary N) is 1. The number of alkyl halides is 3. The van der Waals surface area contributed by atoms with E-state index in [-0.39, 0.29) is 16.3 Å². The molecule has 8 heteroatoms. The maximum Gasteiger partial charge on any atom is 0.475 e. The van der Waals surface area contributed by atoms with Gasteiger partial charge in [-0.25, -0.2) is 4.21 Å². The van der Waals surface area contributed by atoms with Crippen LogP contribution in [0.2, 0.25) is 0 Å². The van der Waals surface area contributed by atoms with Crippen molar-refractivity contribution in [1.29, 1.82) is 0 Å². The van der Waals surface area contributed by atoms with Gasteiger partial charge < -0.3 is 5.32 Å². The smallest absolute Gasteiger partial charge is 0.321 e. The Labute approximate surface area is 120 Å². The molecule has 0 fully saturated rings. The summed E-state index contributed by atoms with van der Waals surface area (Å²) < 4.78 is 48.0. The molecule has 21 heavy (non-hydrogen) atoms. The summed E-state index contributed by atoms with van der Waals surface area (Å²) >= 11 is 0. The van der Waals surface area contributed by atoms with Crippen molar-refractivity contribution < 1.29 is 22.2 Å². The number of carbonyl (C=O) groups excluding carboxylic acids is 1. The standard InChI is InChI=1S/C13H9F3N2O2S/c14-13(15,16)21(20)10-6-4-9(5-7-10)18-12(19)11-3-1-2-8-17-11/h1-8H,(H,18,19)/t21-/m0/s1. The summed E-state index contributed by atoms with van der Waals surface area (Å²) in [4.78, 5) is 15.2. The highest BCUT2D eigenvalue weighted by Gasteiger charge is 2.37. The Kier molecular flexibility index (Phi) is 4.37. The van der Waals surface area contributed by atoms with Crippen LogP contribution in [0.3, 0.4) is 0 Å². The first-order chi connectivity index (χ1) is 9.88. The van der Waals surface area contributed by atoms with Gasteiger partial charge in [-0.05, 0) is 36.4 Å². The average molecular weight is 314 g/mol. The van der Waals surface area contributed by atoms with Gasteiger partial charge >= 0.3 is 5.51 Å². The van der Waals surface area contributed by atoms with Crippen LogP contribution < -0.4 is 5.32 Å². The highest BCUT2D eigenvalue weighted by Crippen LogP contribution is 2.26. The Morgan fingerprint density at radius 3 is 2.29 bits per heavy atom. The van der Waals surface area contributed by atoms with Crippen LogP contribution in [0.25, 0.3) is 0 Å². The lowest BCUT2D eigenvalue weighted by Crippen LogP contribution is -2.16. The van der Waals surface area contributed by atoms with Gasteiger partial charge in [-0.1, -0.05) is 6.07 Å². The summed E-state index contributed by atoms with van der Waals surface area (Å²) in [5, 5.41) is 2.48. The Hall–Kier alpha value is -2.22. The van der Waals surface area contributed by atoms with Crippen LogP contribution in [0, 0.1) is 0 Å². The first-order valence-corrected chi connectivity index (χ1v) is 6.84. The van der Waals surface area contributed by atoms with Crippen molar-refractivity contribution in [2.45, 2.75) is 10.4 Å². The molecule has 0 saturated heterocycles. The molecule has 0 aliphatic rings. The number of benzene rings is 1. The first-order valence-electron chi connectivity index (χ1n) is 5.69. The number of rotatable bonds is 3. The van der Waals surface area contributed by atoms with Gasteiger partial charge in [0, 0.05) is 16.8 Å². The van der Waals surface area contributed by atoms with E-state index >= 15 is 0 Å². The molecule has 2 rings (SSSR count). The molecule has 1 aromatic carbocycles. The number of nitrogens with zero attached hydrogens (tertiary/aromatic N) is 1. The minimum absolute atomic E-state index is 0.181. The molecule has 1 N–H and O–H groups in total. The summed E-state index contributed by atoms with van der Waals surface area (Å²) in [5.74, 6) is -0.486. The second-order valence-electron chi connectivity index (χ2n) is 3.91. The van der Waals surface area contributed by atoms with Crippen LogP contribution in [0.1, 0.15) is 10.5 Å². The molecule has 0 radical (unpaired) electrons. The van der Waals surface area contributed by atoms with Crippen molar-refractivity contribution in [3.05, 3.63) is 54.4 Å². The summed E-state index contributed by atoms with van der Waals surface area (Å²) in [6, 6.07) is 9.40. The molecule has 0 aliphatic carbocycles. The van der Waals surface area contributed by atoms with Crippen molar-refractivity contribution in [3.63, 3.8) is 0 Å². The monoisotopic (exact) mass is 314 g/mol. The van der Waals surface area contributed by atoms with E-state index in [1.54, 1.807) is 12.1 Å². The third kappa shape index (κ3) is 3.88. The van der Waals surface area contributed by atoms with Gasteiger partial charge in [0.15, 0.2) is 10.8 Å². The first kappa shape index (κ1) is 15.2. The highest BCUT2D eigenvalue weighted by atomic mass is 32.2. The molecule has 1 aromatic heterocycles. The number of aromatic nitrogens is 1. The predicted octanol–water partition coefficient (Wildman–Crippen LogP) is 2.96. The fraction of sp³-hybridized carbons (Fsp3) is 0.0769. The van der Waals surface area contributed by atoms with Crippen molar-refractivity contribution >= 4 is 22.4 Å². The minimum atomic E-state index is -4.81. The molecule has 4 nitrogen and oxygen atoms in total. The van der Waals surface area contributed by atoms with Gasteiger partial charge in [0.1, 0.15) is 5.69 Å². The van der Waals surface area contributed by atoms with Crippen LogP contribution in [0.15, 0.2) is 53.6 Å². The molecule has 0 bridgehead atoms. The third-order valence-corrected chi connectivity index (χ3v) is 3.55. The molecule has 0 aliphatic heterocycles. The van der Waals surface area contributed by atoms with Crippen LogP contribution in [-0.2, 0) is 10.8 Å². The Balaban J connectivity index is 2.10. The van der Waals surface area contributed by atoms with Crippen molar-refractivity contribution in [1.82, 2.24) is 4.98 Å². The van der Waals surface area contributed by atoms with Crippen LogP contribution >= 0.6 is 0 Å².